The lowest BCUT2D eigenvalue weighted by Crippen LogP contribution is -2.32. The van der Waals surface area contributed by atoms with E-state index in [4.69, 9.17) is 4.74 Å². The fourth-order valence-electron chi connectivity index (χ4n) is 6.48. The van der Waals surface area contributed by atoms with Gasteiger partial charge in [-0.3, -0.25) is 14.4 Å². The van der Waals surface area contributed by atoms with E-state index in [9.17, 15) is 19.5 Å². The molecule has 3 aromatic rings. The van der Waals surface area contributed by atoms with Gasteiger partial charge in [-0.2, -0.15) is 0 Å². The van der Waals surface area contributed by atoms with E-state index >= 15 is 0 Å². The molecule has 0 aromatic heterocycles. The maximum absolute atomic E-state index is 13.8. The summed E-state index contributed by atoms with van der Waals surface area (Å²) in [6.07, 6.45) is 5.13. The van der Waals surface area contributed by atoms with Crippen LogP contribution >= 0.6 is 0 Å². The van der Waals surface area contributed by atoms with E-state index in [0.717, 1.165) is 42.5 Å². The quantitative estimate of drug-likeness (QED) is 0.151. The number of nitrogens with zero attached hydrogens (tertiary/aromatic N) is 1. The summed E-state index contributed by atoms with van der Waals surface area (Å²) < 4.78 is 6.19. The monoisotopic (exact) mass is 605 g/mol. The first-order chi connectivity index (χ1) is 20.8. The largest absolute Gasteiger partial charge is 0.488 e. The molecule has 0 amide bonds. The van der Waals surface area contributed by atoms with Gasteiger partial charge in [-0.25, -0.2) is 0 Å². The second-order valence-corrected chi connectivity index (χ2v) is 12.2. The number of carbonyl (C=O) groups excluding carboxylic acids is 3. The van der Waals surface area contributed by atoms with Gasteiger partial charge in [-0.15, -0.1) is 0 Å². The number of unbranched alkanes of at least 4 members (excludes halogenated alkanes) is 1. The van der Waals surface area contributed by atoms with E-state index in [2.05, 4.69) is 12.1 Å². The molecule has 0 fully saturated rings. The van der Waals surface area contributed by atoms with Crippen molar-refractivity contribution in [2.75, 3.05) is 25.6 Å². The molecular weight excluding hydrogens is 554 g/mol. The predicted molar refractivity (Wildman–Crippen MR) is 179 cm³/mol. The first-order valence-corrected chi connectivity index (χ1v) is 15.5. The Morgan fingerprint density at radius 1 is 0.955 bits per heavy atom. The minimum atomic E-state index is -0.606. The number of Topliss-reactive ketones (excluding diaryl/α,β-unsaturated/α-hetero) is 3. The summed E-state index contributed by atoms with van der Waals surface area (Å²) in [4.78, 5) is 40.7. The molecule has 0 radical (unpaired) electrons. The highest BCUT2D eigenvalue weighted by Gasteiger charge is 2.35. The van der Waals surface area contributed by atoms with E-state index in [0.29, 0.717) is 37.2 Å². The van der Waals surface area contributed by atoms with Crippen molar-refractivity contribution < 1.29 is 32.6 Å². The van der Waals surface area contributed by atoms with Crippen LogP contribution < -0.4 is 9.64 Å². The maximum Gasteiger partial charge on any atom is 0.167 e. The van der Waals surface area contributed by atoms with Gasteiger partial charge in [0.2, 0.25) is 0 Å². The third-order valence-corrected chi connectivity index (χ3v) is 8.59. The van der Waals surface area contributed by atoms with Crippen LogP contribution in [0.15, 0.2) is 72.8 Å². The average molecular weight is 606 g/mol. The zero-order valence-corrected chi connectivity index (χ0v) is 26.3. The smallest absolute Gasteiger partial charge is 0.167 e. The van der Waals surface area contributed by atoms with Gasteiger partial charge in [0.25, 0.3) is 0 Å². The predicted octanol–water partition coefficient (Wildman–Crippen LogP) is 6.32. The molecule has 0 bridgehead atoms. The van der Waals surface area contributed by atoms with Crippen molar-refractivity contribution in [3.63, 3.8) is 0 Å². The summed E-state index contributed by atoms with van der Waals surface area (Å²) in [6, 6.07) is 24.2. The molecule has 7 nitrogen and oxygen atoms in total. The van der Waals surface area contributed by atoms with E-state index in [1.165, 1.54) is 12.5 Å². The Labute approximate surface area is 264 Å². The van der Waals surface area contributed by atoms with Gasteiger partial charge in [-0.05, 0) is 79.7 Å². The second-order valence-electron chi connectivity index (χ2n) is 12.2. The van der Waals surface area contributed by atoms with Crippen LogP contribution in [0.2, 0.25) is 0 Å². The molecule has 3 N–H and O–H groups in total. The van der Waals surface area contributed by atoms with Crippen molar-refractivity contribution >= 4 is 23.0 Å². The summed E-state index contributed by atoms with van der Waals surface area (Å²) in [5, 5.41) is 10.3. The Hall–Kier alpha value is -3.81. The topological polar surface area (TPSA) is 115 Å². The summed E-state index contributed by atoms with van der Waals surface area (Å²) in [5.41, 5.74) is 4.95. The van der Waals surface area contributed by atoms with Crippen LogP contribution in [-0.2, 0) is 29.0 Å². The van der Waals surface area contributed by atoms with Gasteiger partial charge in [0.15, 0.2) is 5.78 Å². The SMILES string of the molecule is CC(=O)CC(=O)C(CO)C(CCCCc1ccccc1)CC1CC(=O)c2c(OCc3ccccc3)ccc(N(C)C)c2C1.O.[HH].[HH]. The lowest BCUT2D eigenvalue weighted by Gasteiger charge is -2.33. The molecule has 44 heavy (non-hydrogen) atoms. The third-order valence-electron chi connectivity index (χ3n) is 8.59. The molecule has 1 aliphatic carbocycles. The molecule has 0 saturated heterocycles. The van der Waals surface area contributed by atoms with Crippen LogP contribution in [0.25, 0.3) is 0 Å². The van der Waals surface area contributed by atoms with Crippen LogP contribution in [0.1, 0.15) is 75.4 Å². The standard InChI is InChI=1S/C37H45NO5.H2O.2H2/c1-26(40)20-34(41)32(24-39)30(17-11-10-14-27-12-6-4-7-13-27)21-29-22-31-33(38(2)3)18-19-36(37(31)35(42)23-29)43-25-28-15-8-5-9-16-28;;;/h4-9,12-13,15-16,18-19,29-30,32,39H,10-11,14,17,20-25H2,1-3H3;1H2;2*1H. The number of ether oxygens (including phenoxy) is 1. The Bertz CT molecular complexity index is 1380. The minimum Gasteiger partial charge on any atom is -0.488 e. The van der Waals surface area contributed by atoms with E-state index in [1.807, 2.05) is 79.7 Å². The molecular formula is C37H51NO6. The van der Waals surface area contributed by atoms with Gasteiger partial charge < -0.3 is 20.2 Å². The lowest BCUT2D eigenvalue weighted by atomic mass is 9.72. The Balaban J connectivity index is 0.00000353. The van der Waals surface area contributed by atoms with Crippen molar-refractivity contribution in [1.29, 1.82) is 0 Å². The number of anilines is 1. The number of aliphatic hydroxyl groups excluding tert-OH is 1. The third kappa shape index (κ3) is 9.34. The van der Waals surface area contributed by atoms with Crippen molar-refractivity contribution in [3.8, 4) is 5.75 Å². The Kier molecular flexibility index (Phi) is 13.3. The van der Waals surface area contributed by atoms with Crippen molar-refractivity contribution in [2.24, 2.45) is 17.8 Å². The number of rotatable bonds is 16. The van der Waals surface area contributed by atoms with E-state index in [-0.39, 0.29) is 50.5 Å². The molecule has 0 spiro atoms. The van der Waals surface area contributed by atoms with Crippen molar-refractivity contribution in [2.45, 2.75) is 64.9 Å². The zero-order valence-electron chi connectivity index (χ0n) is 26.3. The van der Waals surface area contributed by atoms with E-state index in [1.54, 1.807) is 0 Å². The number of hydrogen-bond acceptors (Lipinski definition) is 6. The van der Waals surface area contributed by atoms with Gasteiger partial charge in [0.05, 0.1) is 18.6 Å². The Morgan fingerprint density at radius 2 is 1.61 bits per heavy atom. The highest BCUT2D eigenvalue weighted by atomic mass is 16.5. The molecule has 0 aliphatic heterocycles. The Morgan fingerprint density at radius 3 is 2.23 bits per heavy atom. The first kappa shape index (κ1) is 34.7. The van der Waals surface area contributed by atoms with Gasteiger partial charge in [0.1, 0.15) is 23.9 Å². The second kappa shape index (κ2) is 16.9. The summed E-state index contributed by atoms with van der Waals surface area (Å²) in [6.45, 7) is 1.51. The van der Waals surface area contributed by atoms with Crippen molar-refractivity contribution in [3.05, 3.63) is 95.1 Å². The van der Waals surface area contributed by atoms with Crippen molar-refractivity contribution in [1.82, 2.24) is 0 Å². The first-order valence-electron chi connectivity index (χ1n) is 15.5. The van der Waals surface area contributed by atoms with Crippen LogP contribution in [0.5, 0.6) is 5.75 Å². The number of fused-ring (bicyclic) bond motifs is 1. The number of aliphatic hydroxyl groups is 1. The number of carbonyl (C=O) groups is 3. The normalized spacial score (nSPS) is 15.5. The highest BCUT2D eigenvalue weighted by Crippen LogP contribution is 2.41. The zero-order chi connectivity index (χ0) is 30.8. The van der Waals surface area contributed by atoms with Crippen LogP contribution in [0.4, 0.5) is 5.69 Å². The number of ketones is 3. The molecule has 0 saturated carbocycles. The highest BCUT2D eigenvalue weighted by molar-refractivity contribution is 6.03. The van der Waals surface area contributed by atoms with Crippen LogP contribution in [-0.4, -0.2) is 48.6 Å². The molecule has 0 heterocycles. The van der Waals surface area contributed by atoms with E-state index < -0.39 is 5.92 Å². The molecule has 240 valence electrons. The van der Waals surface area contributed by atoms with Crippen LogP contribution in [0, 0.1) is 17.8 Å². The molecule has 3 unspecified atom stereocenters. The van der Waals surface area contributed by atoms with Gasteiger partial charge >= 0.3 is 0 Å². The number of aryl methyl sites for hydroxylation is 1. The molecule has 1 aliphatic rings. The maximum atomic E-state index is 13.8. The van der Waals surface area contributed by atoms with Gasteiger partial charge in [-0.1, -0.05) is 67.1 Å². The molecule has 3 atom stereocenters. The molecule has 7 heteroatoms. The summed E-state index contributed by atoms with van der Waals surface area (Å²) in [5.74, 6) is -0.408. The number of benzene rings is 3. The molecule has 4 rings (SSSR count). The fraction of sp³-hybridized carbons (Fsp3) is 0.432. The number of hydrogen-bond donors (Lipinski definition) is 1. The van der Waals surface area contributed by atoms with Crippen LogP contribution in [0.3, 0.4) is 0 Å². The molecule has 3 aromatic carbocycles. The lowest BCUT2D eigenvalue weighted by molar-refractivity contribution is -0.130. The fourth-order valence-corrected chi connectivity index (χ4v) is 6.48. The summed E-state index contributed by atoms with van der Waals surface area (Å²) >= 11 is 0. The summed E-state index contributed by atoms with van der Waals surface area (Å²) in [7, 11) is 3.96. The average Bonchev–Trinajstić information content (AvgIpc) is 2.98. The minimum absolute atomic E-state index is 0. The van der Waals surface area contributed by atoms with Gasteiger partial charge in [0, 0.05) is 35.0 Å².